The summed E-state index contributed by atoms with van der Waals surface area (Å²) in [5.74, 6) is 0.195. The lowest BCUT2D eigenvalue weighted by Gasteiger charge is -2.21. The van der Waals surface area contributed by atoms with E-state index in [1.165, 1.54) is 0 Å². The van der Waals surface area contributed by atoms with Gasteiger partial charge in [-0.3, -0.25) is 0 Å². The standard InChI is InChI=1S/C13H17NO4/c1-2-16-8-9-18-13(15)10-4-3-5-11-12(10)17-7-6-14-11/h3-5,14H,2,6-9H2,1H3. The Kier molecular flexibility index (Phi) is 4.41. The summed E-state index contributed by atoms with van der Waals surface area (Å²) in [5.41, 5.74) is 1.29. The number of fused-ring (bicyclic) bond motifs is 1. The van der Waals surface area contributed by atoms with Gasteiger partial charge in [0.25, 0.3) is 0 Å². The number of carbonyl (C=O) groups excluding carboxylic acids is 1. The molecule has 1 aromatic carbocycles. The van der Waals surface area contributed by atoms with Gasteiger partial charge in [0.15, 0.2) is 5.75 Å². The first-order valence-corrected chi connectivity index (χ1v) is 6.07. The predicted octanol–water partition coefficient (Wildman–Crippen LogP) is 1.68. The van der Waals surface area contributed by atoms with E-state index in [0.29, 0.717) is 31.1 Å². The molecule has 5 heteroatoms. The van der Waals surface area contributed by atoms with E-state index >= 15 is 0 Å². The minimum absolute atomic E-state index is 0.254. The smallest absolute Gasteiger partial charge is 0.342 e. The number of carbonyl (C=O) groups is 1. The molecule has 0 bridgehead atoms. The van der Waals surface area contributed by atoms with Crippen LogP contribution >= 0.6 is 0 Å². The fourth-order valence-corrected chi connectivity index (χ4v) is 1.75. The van der Waals surface area contributed by atoms with Crippen molar-refractivity contribution in [1.29, 1.82) is 0 Å². The van der Waals surface area contributed by atoms with Crippen molar-refractivity contribution < 1.29 is 19.0 Å². The summed E-state index contributed by atoms with van der Waals surface area (Å²) in [5, 5.41) is 3.18. The molecule has 0 spiro atoms. The van der Waals surface area contributed by atoms with Crippen LogP contribution in [0.1, 0.15) is 17.3 Å². The monoisotopic (exact) mass is 251 g/mol. The SMILES string of the molecule is CCOCCOC(=O)c1cccc2c1OCCN2. The van der Waals surface area contributed by atoms with Gasteiger partial charge in [0.2, 0.25) is 0 Å². The highest BCUT2D eigenvalue weighted by molar-refractivity contribution is 5.95. The molecule has 1 N–H and O–H groups in total. The summed E-state index contributed by atoms with van der Waals surface area (Å²) in [6.45, 7) is 4.48. The van der Waals surface area contributed by atoms with Crippen LogP contribution in [0.4, 0.5) is 5.69 Å². The Bertz CT molecular complexity index is 419. The van der Waals surface area contributed by atoms with Gasteiger partial charge < -0.3 is 19.5 Å². The summed E-state index contributed by atoms with van der Waals surface area (Å²) in [7, 11) is 0. The van der Waals surface area contributed by atoms with Crippen molar-refractivity contribution in [3.8, 4) is 5.75 Å². The highest BCUT2D eigenvalue weighted by Gasteiger charge is 2.19. The van der Waals surface area contributed by atoms with Gasteiger partial charge in [-0.2, -0.15) is 0 Å². The van der Waals surface area contributed by atoms with Crippen molar-refractivity contribution in [3.63, 3.8) is 0 Å². The van der Waals surface area contributed by atoms with Crippen molar-refractivity contribution in [2.45, 2.75) is 6.92 Å². The number of para-hydroxylation sites is 1. The van der Waals surface area contributed by atoms with Crippen LogP contribution in [0.5, 0.6) is 5.75 Å². The molecule has 0 aromatic heterocycles. The largest absolute Gasteiger partial charge is 0.489 e. The lowest BCUT2D eigenvalue weighted by Crippen LogP contribution is -2.21. The Morgan fingerprint density at radius 2 is 2.33 bits per heavy atom. The summed E-state index contributed by atoms with van der Waals surface area (Å²) in [4.78, 5) is 11.9. The maximum absolute atomic E-state index is 11.9. The van der Waals surface area contributed by atoms with Gasteiger partial charge in [-0.1, -0.05) is 6.07 Å². The van der Waals surface area contributed by atoms with Gasteiger partial charge >= 0.3 is 5.97 Å². The summed E-state index contributed by atoms with van der Waals surface area (Å²) < 4.78 is 15.7. The topological polar surface area (TPSA) is 56.8 Å². The maximum Gasteiger partial charge on any atom is 0.342 e. The Morgan fingerprint density at radius 3 is 3.17 bits per heavy atom. The molecular weight excluding hydrogens is 234 g/mol. The quantitative estimate of drug-likeness (QED) is 0.637. The van der Waals surface area contributed by atoms with E-state index in [9.17, 15) is 4.79 Å². The molecule has 1 heterocycles. The molecule has 0 aliphatic carbocycles. The van der Waals surface area contributed by atoms with Gasteiger partial charge in [-0.15, -0.1) is 0 Å². The number of nitrogens with one attached hydrogen (secondary N) is 1. The third-order valence-corrected chi connectivity index (χ3v) is 2.56. The zero-order valence-electron chi connectivity index (χ0n) is 10.4. The third kappa shape index (κ3) is 2.92. The molecule has 5 nitrogen and oxygen atoms in total. The van der Waals surface area contributed by atoms with Gasteiger partial charge in [-0.25, -0.2) is 4.79 Å². The van der Waals surface area contributed by atoms with Crippen LogP contribution in [0.25, 0.3) is 0 Å². The second-order valence-corrected chi connectivity index (χ2v) is 3.79. The first kappa shape index (κ1) is 12.7. The van der Waals surface area contributed by atoms with Gasteiger partial charge in [0, 0.05) is 13.2 Å². The third-order valence-electron chi connectivity index (χ3n) is 2.56. The molecule has 1 aliphatic rings. The average molecular weight is 251 g/mol. The van der Waals surface area contributed by atoms with Crippen LogP contribution in [0.2, 0.25) is 0 Å². The number of anilines is 1. The molecule has 0 unspecified atom stereocenters. The van der Waals surface area contributed by atoms with Crippen LogP contribution in [-0.4, -0.2) is 38.9 Å². The van der Waals surface area contributed by atoms with E-state index in [1.807, 2.05) is 13.0 Å². The van der Waals surface area contributed by atoms with E-state index in [2.05, 4.69) is 5.32 Å². The lowest BCUT2D eigenvalue weighted by molar-refractivity contribution is 0.0331. The predicted molar refractivity (Wildman–Crippen MR) is 67.2 cm³/mol. The van der Waals surface area contributed by atoms with Crippen LogP contribution in [-0.2, 0) is 9.47 Å². The second kappa shape index (κ2) is 6.26. The molecule has 2 rings (SSSR count). The zero-order valence-corrected chi connectivity index (χ0v) is 10.4. The fourth-order valence-electron chi connectivity index (χ4n) is 1.75. The Hall–Kier alpha value is -1.75. The lowest BCUT2D eigenvalue weighted by atomic mass is 10.1. The van der Waals surface area contributed by atoms with Crippen molar-refractivity contribution >= 4 is 11.7 Å². The van der Waals surface area contributed by atoms with Gasteiger partial charge in [0.1, 0.15) is 18.8 Å². The van der Waals surface area contributed by atoms with Crippen molar-refractivity contribution in [1.82, 2.24) is 0 Å². The fraction of sp³-hybridized carbons (Fsp3) is 0.462. The van der Waals surface area contributed by atoms with E-state index in [4.69, 9.17) is 14.2 Å². The Morgan fingerprint density at radius 1 is 1.44 bits per heavy atom. The normalized spacial score (nSPS) is 13.2. The van der Waals surface area contributed by atoms with Crippen molar-refractivity contribution in [3.05, 3.63) is 23.8 Å². The van der Waals surface area contributed by atoms with Crippen LogP contribution in [0.15, 0.2) is 18.2 Å². The highest BCUT2D eigenvalue weighted by atomic mass is 16.6. The molecule has 1 aliphatic heterocycles. The summed E-state index contributed by atoms with van der Waals surface area (Å²) >= 11 is 0. The number of hydrogen-bond donors (Lipinski definition) is 1. The average Bonchev–Trinajstić information content (AvgIpc) is 2.43. The molecule has 0 atom stereocenters. The molecule has 98 valence electrons. The highest BCUT2D eigenvalue weighted by Crippen LogP contribution is 2.31. The summed E-state index contributed by atoms with van der Waals surface area (Å²) in [6.07, 6.45) is 0. The Balaban J connectivity index is 2.01. The number of hydrogen-bond acceptors (Lipinski definition) is 5. The molecular formula is C13H17NO4. The first-order valence-electron chi connectivity index (χ1n) is 6.07. The van der Waals surface area contributed by atoms with Crippen LogP contribution in [0.3, 0.4) is 0 Å². The molecule has 0 saturated carbocycles. The van der Waals surface area contributed by atoms with E-state index < -0.39 is 0 Å². The number of esters is 1. The molecule has 18 heavy (non-hydrogen) atoms. The number of rotatable bonds is 5. The van der Waals surface area contributed by atoms with Crippen LogP contribution < -0.4 is 10.1 Å². The van der Waals surface area contributed by atoms with E-state index in [0.717, 1.165) is 12.2 Å². The van der Waals surface area contributed by atoms with E-state index in [1.54, 1.807) is 12.1 Å². The molecule has 1 aromatic rings. The second-order valence-electron chi connectivity index (χ2n) is 3.79. The zero-order chi connectivity index (χ0) is 12.8. The minimum Gasteiger partial charge on any atom is -0.489 e. The molecule has 0 fully saturated rings. The minimum atomic E-state index is -0.379. The van der Waals surface area contributed by atoms with Crippen molar-refractivity contribution in [2.24, 2.45) is 0 Å². The van der Waals surface area contributed by atoms with E-state index in [-0.39, 0.29) is 12.6 Å². The van der Waals surface area contributed by atoms with Crippen molar-refractivity contribution in [2.75, 3.05) is 38.3 Å². The first-order chi connectivity index (χ1) is 8.83. The van der Waals surface area contributed by atoms with Crippen LogP contribution in [0, 0.1) is 0 Å². The summed E-state index contributed by atoms with van der Waals surface area (Å²) in [6, 6.07) is 5.39. The number of benzene rings is 1. The molecule has 0 amide bonds. The molecule has 0 saturated heterocycles. The van der Waals surface area contributed by atoms with Gasteiger partial charge in [-0.05, 0) is 19.1 Å². The molecule has 0 radical (unpaired) electrons. The van der Waals surface area contributed by atoms with Gasteiger partial charge in [0.05, 0.1) is 12.3 Å². The Labute approximate surface area is 106 Å². The number of ether oxygens (including phenoxy) is 3. The maximum atomic E-state index is 11.9.